The van der Waals surface area contributed by atoms with Gasteiger partial charge in [-0.2, -0.15) is 0 Å². The minimum Gasteiger partial charge on any atom is -0.106 e. The Balaban J connectivity index is 0.00000116. The van der Waals surface area contributed by atoms with E-state index in [-0.39, 0.29) is 0 Å². The van der Waals surface area contributed by atoms with Crippen molar-refractivity contribution in [3.8, 4) is 0 Å². The van der Waals surface area contributed by atoms with Crippen LogP contribution in [0.15, 0.2) is 49.6 Å². The molecule has 0 N–H and O–H groups in total. The largest absolute Gasteiger partial charge is 0.106 e. The predicted molar refractivity (Wildman–Crippen MR) is 99.8 cm³/mol. The second kappa shape index (κ2) is 8.58. The van der Waals surface area contributed by atoms with Gasteiger partial charge in [0.2, 0.25) is 0 Å². The third kappa shape index (κ3) is 4.87. The molecule has 0 aliphatic rings. The lowest BCUT2D eigenvalue weighted by atomic mass is 9.91. The first-order valence-electron chi connectivity index (χ1n) is 8.10. The van der Waals surface area contributed by atoms with Crippen molar-refractivity contribution in [2.45, 2.75) is 53.4 Å². The minimum atomic E-state index is 0.621. The lowest BCUT2D eigenvalue weighted by molar-refractivity contribution is 0.678. The van der Waals surface area contributed by atoms with Crippen molar-refractivity contribution in [1.29, 1.82) is 0 Å². The summed E-state index contributed by atoms with van der Waals surface area (Å²) in [4.78, 5) is 0. The second-order valence-corrected chi connectivity index (χ2v) is 6.20. The molecule has 0 heteroatoms. The highest BCUT2D eigenvalue weighted by Crippen LogP contribution is 2.24. The fraction of sp³-hybridized carbons (Fsp3) is 0.364. The van der Waals surface area contributed by atoms with Crippen LogP contribution >= 0.6 is 0 Å². The molecule has 0 amide bonds. The second-order valence-electron chi connectivity index (χ2n) is 6.20. The van der Waals surface area contributed by atoms with Crippen LogP contribution in [0, 0.1) is 27.7 Å². The van der Waals surface area contributed by atoms with Crippen LogP contribution in [0.3, 0.4) is 0 Å². The summed E-state index contributed by atoms with van der Waals surface area (Å²) in [7, 11) is 0. The maximum Gasteiger partial charge on any atom is -0.0187 e. The van der Waals surface area contributed by atoms with Crippen LogP contribution in [0.5, 0.6) is 0 Å². The van der Waals surface area contributed by atoms with Gasteiger partial charge in [0.1, 0.15) is 0 Å². The van der Waals surface area contributed by atoms with Gasteiger partial charge < -0.3 is 0 Å². The topological polar surface area (TPSA) is 0 Å². The van der Waals surface area contributed by atoms with E-state index in [1.54, 1.807) is 0 Å². The van der Waals surface area contributed by atoms with Crippen molar-refractivity contribution in [3.05, 3.63) is 82.9 Å². The van der Waals surface area contributed by atoms with Gasteiger partial charge in [0.25, 0.3) is 0 Å². The van der Waals surface area contributed by atoms with Crippen molar-refractivity contribution in [1.82, 2.24) is 0 Å². The van der Waals surface area contributed by atoms with Crippen molar-refractivity contribution in [2.75, 3.05) is 0 Å². The first-order valence-corrected chi connectivity index (χ1v) is 8.10. The summed E-state index contributed by atoms with van der Waals surface area (Å²) in [5.74, 6) is 0.621. The molecular formula is C22H30. The molecule has 0 aliphatic heterocycles. The molecule has 0 fully saturated rings. The number of hydrogen-bond donors (Lipinski definition) is 0. The average Bonchev–Trinajstić information content (AvgIpc) is 2.53. The molecule has 0 radical (unpaired) electrons. The Morgan fingerprint density at radius 1 is 0.773 bits per heavy atom. The Hall–Kier alpha value is -1.82. The molecule has 118 valence electrons. The van der Waals surface area contributed by atoms with Gasteiger partial charge in [-0.1, -0.05) is 43.3 Å². The molecule has 1 unspecified atom stereocenters. The first kappa shape index (κ1) is 18.2. The Labute approximate surface area is 136 Å². The van der Waals surface area contributed by atoms with Crippen LogP contribution in [-0.4, -0.2) is 0 Å². The number of hydrogen-bond acceptors (Lipinski definition) is 0. The van der Waals surface area contributed by atoms with Gasteiger partial charge in [-0.05, 0) is 79.8 Å². The van der Waals surface area contributed by atoms with Crippen LogP contribution in [-0.2, 0) is 6.42 Å². The molecule has 0 heterocycles. The molecule has 2 rings (SSSR count). The summed E-state index contributed by atoms with van der Waals surface area (Å²) in [5, 5.41) is 0. The summed E-state index contributed by atoms with van der Waals surface area (Å²) in [6.07, 6.45) is 2.38. The maximum absolute atomic E-state index is 3.00. The third-order valence-corrected chi connectivity index (χ3v) is 4.54. The first-order chi connectivity index (χ1) is 10.5. The van der Waals surface area contributed by atoms with Gasteiger partial charge in [0, 0.05) is 0 Å². The standard InChI is InChI=1S/C20H26.C2H4/c1-14-6-9-19(12-17(14)4)10-7-16(3)20-11-8-15(2)18(5)13-20;1-2/h6,8-9,11-13,16H,7,10H2,1-5H3;1-2H2. The van der Waals surface area contributed by atoms with Gasteiger partial charge in [-0.3, -0.25) is 0 Å². The zero-order valence-electron chi connectivity index (χ0n) is 14.9. The molecule has 0 aliphatic carbocycles. The Bertz CT molecular complexity index is 607. The highest BCUT2D eigenvalue weighted by molar-refractivity contribution is 5.33. The molecule has 0 aromatic heterocycles. The van der Waals surface area contributed by atoms with E-state index in [0.717, 1.165) is 6.42 Å². The van der Waals surface area contributed by atoms with Crippen LogP contribution in [0.25, 0.3) is 0 Å². The Morgan fingerprint density at radius 2 is 1.32 bits per heavy atom. The highest BCUT2D eigenvalue weighted by Gasteiger charge is 2.07. The van der Waals surface area contributed by atoms with E-state index < -0.39 is 0 Å². The third-order valence-electron chi connectivity index (χ3n) is 4.54. The summed E-state index contributed by atoms with van der Waals surface area (Å²) in [6.45, 7) is 17.1. The lowest BCUT2D eigenvalue weighted by Crippen LogP contribution is -1.98. The van der Waals surface area contributed by atoms with E-state index in [1.807, 2.05) is 0 Å². The van der Waals surface area contributed by atoms with Gasteiger partial charge in [0.15, 0.2) is 0 Å². The van der Waals surface area contributed by atoms with E-state index in [4.69, 9.17) is 0 Å². The zero-order chi connectivity index (χ0) is 16.7. The SMILES string of the molecule is C=C.Cc1ccc(CCC(C)c2ccc(C)c(C)c2)cc1C. The smallest absolute Gasteiger partial charge is 0.0187 e. The predicted octanol–water partition coefficient (Wildman–Crippen LogP) is 6.46. The Morgan fingerprint density at radius 3 is 1.86 bits per heavy atom. The summed E-state index contributed by atoms with van der Waals surface area (Å²) in [6, 6.07) is 13.7. The quantitative estimate of drug-likeness (QED) is 0.568. The molecular weight excluding hydrogens is 264 g/mol. The van der Waals surface area contributed by atoms with Crippen LogP contribution in [0.4, 0.5) is 0 Å². The fourth-order valence-corrected chi connectivity index (χ4v) is 2.58. The highest BCUT2D eigenvalue weighted by atomic mass is 14.1. The van der Waals surface area contributed by atoms with Crippen LogP contribution in [0.1, 0.15) is 52.6 Å². The number of rotatable bonds is 4. The summed E-state index contributed by atoms with van der Waals surface area (Å²) >= 11 is 0. The molecule has 1 atom stereocenters. The van der Waals surface area contributed by atoms with Gasteiger partial charge in [-0.15, -0.1) is 13.2 Å². The number of aryl methyl sites for hydroxylation is 5. The average molecular weight is 294 g/mol. The monoisotopic (exact) mass is 294 g/mol. The zero-order valence-corrected chi connectivity index (χ0v) is 14.9. The van der Waals surface area contributed by atoms with Crippen LogP contribution in [0.2, 0.25) is 0 Å². The van der Waals surface area contributed by atoms with Crippen molar-refractivity contribution in [3.63, 3.8) is 0 Å². The van der Waals surface area contributed by atoms with Crippen molar-refractivity contribution in [2.24, 2.45) is 0 Å². The van der Waals surface area contributed by atoms with E-state index in [9.17, 15) is 0 Å². The van der Waals surface area contributed by atoms with Crippen molar-refractivity contribution < 1.29 is 0 Å². The maximum atomic E-state index is 3.00. The van der Waals surface area contributed by atoms with E-state index in [1.165, 1.54) is 39.8 Å². The summed E-state index contributed by atoms with van der Waals surface area (Å²) in [5.41, 5.74) is 8.51. The normalized spacial score (nSPS) is 11.5. The molecule has 0 bridgehead atoms. The molecule has 0 spiro atoms. The van der Waals surface area contributed by atoms with Gasteiger partial charge in [0.05, 0.1) is 0 Å². The molecule has 2 aromatic rings. The number of benzene rings is 2. The molecule has 0 saturated heterocycles. The Kier molecular flexibility index (Phi) is 7.11. The van der Waals surface area contributed by atoms with Crippen molar-refractivity contribution >= 4 is 0 Å². The molecule has 0 nitrogen and oxygen atoms in total. The molecule has 0 saturated carbocycles. The van der Waals surface area contributed by atoms with Crippen LogP contribution < -0.4 is 0 Å². The fourth-order valence-electron chi connectivity index (χ4n) is 2.58. The van der Waals surface area contributed by atoms with Gasteiger partial charge >= 0.3 is 0 Å². The van der Waals surface area contributed by atoms with E-state index >= 15 is 0 Å². The lowest BCUT2D eigenvalue weighted by Gasteiger charge is -2.14. The van der Waals surface area contributed by atoms with E-state index in [0.29, 0.717) is 5.92 Å². The minimum absolute atomic E-state index is 0.621. The summed E-state index contributed by atoms with van der Waals surface area (Å²) < 4.78 is 0. The molecule has 2 aromatic carbocycles. The van der Waals surface area contributed by atoms with Gasteiger partial charge in [-0.25, -0.2) is 0 Å². The molecule has 22 heavy (non-hydrogen) atoms. The van der Waals surface area contributed by atoms with E-state index in [2.05, 4.69) is 84.2 Å².